The van der Waals surface area contributed by atoms with Crippen LogP contribution in [0.3, 0.4) is 0 Å². The van der Waals surface area contributed by atoms with Crippen LogP contribution in [0.5, 0.6) is 0 Å². The van der Waals surface area contributed by atoms with Gasteiger partial charge in [-0.2, -0.15) is 0 Å². The van der Waals surface area contributed by atoms with Crippen molar-refractivity contribution in [2.75, 3.05) is 20.2 Å². The van der Waals surface area contributed by atoms with Crippen LogP contribution >= 0.6 is 0 Å². The molecular formula is C16H31NO. The number of rotatable bonds is 8. The Morgan fingerprint density at radius 3 is 2.50 bits per heavy atom. The summed E-state index contributed by atoms with van der Waals surface area (Å²) in [4.78, 5) is 0. The SMILES string of the molecule is CCCNCC1(CCC(C)(C)OC)CC2CC2C1. The molecule has 2 atom stereocenters. The molecule has 0 radical (unpaired) electrons. The number of fused-ring (bicyclic) bond motifs is 1. The Morgan fingerprint density at radius 1 is 1.28 bits per heavy atom. The Labute approximate surface area is 113 Å². The molecule has 1 N–H and O–H groups in total. The van der Waals surface area contributed by atoms with Crippen LogP contribution in [0.2, 0.25) is 0 Å². The zero-order valence-corrected chi connectivity index (χ0v) is 12.7. The second kappa shape index (κ2) is 5.50. The Kier molecular flexibility index (Phi) is 4.38. The van der Waals surface area contributed by atoms with E-state index in [1.807, 2.05) is 7.11 Å². The van der Waals surface area contributed by atoms with Crippen molar-refractivity contribution in [1.29, 1.82) is 0 Å². The summed E-state index contributed by atoms with van der Waals surface area (Å²) < 4.78 is 5.59. The minimum atomic E-state index is 0.0462. The fourth-order valence-electron chi connectivity index (χ4n) is 3.64. The van der Waals surface area contributed by atoms with Gasteiger partial charge in [-0.3, -0.25) is 0 Å². The van der Waals surface area contributed by atoms with Crippen LogP contribution < -0.4 is 5.32 Å². The predicted molar refractivity (Wildman–Crippen MR) is 76.7 cm³/mol. The molecule has 0 aromatic heterocycles. The van der Waals surface area contributed by atoms with Gasteiger partial charge in [0.05, 0.1) is 5.60 Å². The topological polar surface area (TPSA) is 21.3 Å². The van der Waals surface area contributed by atoms with E-state index in [2.05, 4.69) is 26.1 Å². The van der Waals surface area contributed by atoms with Crippen molar-refractivity contribution in [3.8, 4) is 0 Å². The molecule has 0 aliphatic heterocycles. The Morgan fingerprint density at radius 2 is 1.94 bits per heavy atom. The van der Waals surface area contributed by atoms with Gasteiger partial charge < -0.3 is 10.1 Å². The first-order valence-corrected chi connectivity index (χ1v) is 7.76. The highest BCUT2D eigenvalue weighted by molar-refractivity contribution is 5.04. The summed E-state index contributed by atoms with van der Waals surface area (Å²) in [7, 11) is 1.84. The van der Waals surface area contributed by atoms with Crippen molar-refractivity contribution in [2.24, 2.45) is 17.3 Å². The van der Waals surface area contributed by atoms with Gasteiger partial charge in [0.25, 0.3) is 0 Å². The Bertz CT molecular complexity index is 264. The number of hydrogen-bond acceptors (Lipinski definition) is 2. The van der Waals surface area contributed by atoms with Gasteiger partial charge in [-0.25, -0.2) is 0 Å². The van der Waals surface area contributed by atoms with Gasteiger partial charge in [0.15, 0.2) is 0 Å². The van der Waals surface area contributed by atoms with E-state index in [0.29, 0.717) is 5.41 Å². The molecule has 2 unspecified atom stereocenters. The van der Waals surface area contributed by atoms with E-state index in [1.54, 1.807) is 0 Å². The van der Waals surface area contributed by atoms with E-state index in [-0.39, 0.29) is 5.60 Å². The monoisotopic (exact) mass is 253 g/mol. The van der Waals surface area contributed by atoms with Gasteiger partial charge >= 0.3 is 0 Å². The predicted octanol–water partition coefficient (Wildman–Crippen LogP) is 3.61. The molecule has 0 amide bonds. The van der Waals surface area contributed by atoms with Crippen LogP contribution in [0.25, 0.3) is 0 Å². The fraction of sp³-hybridized carbons (Fsp3) is 1.00. The second-order valence-electron chi connectivity index (χ2n) is 7.30. The van der Waals surface area contributed by atoms with Crippen molar-refractivity contribution < 1.29 is 4.74 Å². The van der Waals surface area contributed by atoms with E-state index >= 15 is 0 Å². The van der Waals surface area contributed by atoms with E-state index < -0.39 is 0 Å². The first-order valence-electron chi connectivity index (χ1n) is 7.76. The third-order valence-electron chi connectivity index (χ3n) is 5.20. The van der Waals surface area contributed by atoms with Crippen molar-refractivity contribution in [3.05, 3.63) is 0 Å². The molecule has 0 spiro atoms. The maximum atomic E-state index is 5.59. The maximum absolute atomic E-state index is 5.59. The van der Waals surface area contributed by atoms with Crippen LogP contribution in [0.15, 0.2) is 0 Å². The van der Waals surface area contributed by atoms with Crippen molar-refractivity contribution in [1.82, 2.24) is 5.32 Å². The van der Waals surface area contributed by atoms with Crippen molar-refractivity contribution in [2.45, 2.75) is 64.9 Å². The van der Waals surface area contributed by atoms with Gasteiger partial charge in [0, 0.05) is 13.7 Å². The van der Waals surface area contributed by atoms with Crippen LogP contribution in [0.1, 0.15) is 59.3 Å². The van der Waals surface area contributed by atoms with Gasteiger partial charge in [-0.05, 0) is 76.2 Å². The number of ether oxygens (including phenoxy) is 1. The average molecular weight is 253 g/mol. The molecule has 2 fully saturated rings. The molecule has 106 valence electrons. The Balaban J connectivity index is 1.85. The maximum Gasteiger partial charge on any atom is 0.0623 e. The van der Waals surface area contributed by atoms with E-state index in [0.717, 1.165) is 11.8 Å². The molecule has 0 aromatic carbocycles. The van der Waals surface area contributed by atoms with Gasteiger partial charge in [0.2, 0.25) is 0 Å². The van der Waals surface area contributed by atoms with Gasteiger partial charge in [-0.1, -0.05) is 6.92 Å². The van der Waals surface area contributed by atoms with Crippen LogP contribution in [0, 0.1) is 17.3 Å². The summed E-state index contributed by atoms with van der Waals surface area (Å²) in [5.41, 5.74) is 0.628. The minimum absolute atomic E-state index is 0.0462. The fourth-order valence-corrected chi connectivity index (χ4v) is 3.64. The zero-order chi connectivity index (χ0) is 13.2. The molecule has 2 saturated carbocycles. The zero-order valence-electron chi connectivity index (χ0n) is 12.7. The number of hydrogen-bond donors (Lipinski definition) is 1. The lowest BCUT2D eigenvalue weighted by atomic mass is 9.76. The standard InChI is InChI=1S/C16H31NO/c1-5-8-17-12-16(7-6-15(2,3)18-4)10-13-9-14(13)11-16/h13-14,17H,5-12H2,1-4H3. The molecule has 0 aromatic rings. The van der Waals surface area contributed by atoms with E-state index in [9.17, 15) is 0 Å². The summed E-state index contributed by atoms with van der Waals surface area (Å²) in [6.45, 7) is 9.09. The molecule has 0 saturated heterocycles. The first-order chi connectivity index (χ1) is 8.50. The summed E-state index contributed by atoms with van der Waals surface area (Å²) in [6.07, 6.45) is 8.21. The van der Waals surface area contributed by atoms with Crippen LogP contribution in [-0.2, 0) is 4.74 Å². The molecule has 0 heterocycles. The quantitative estimate of drug-likeness (QED) is 0.667. The minimum Gasteiger partial charge on any atom is -0.379 e. The van der Waals surface area contributed by atoms with E-state index in [4.69, 9.17) is 4.74 Å². The molecule has 18 heavy (non-hydrogen) atoms. The molecule has 2 aliphatic rings. The highest BCUT2D eigenvalue weighted by Gasteiger charge is 2.53. The summed E-state index contributed by atoms with van der Waals surface area (Å²) in [6, 6.07) is 0. The van der Waals surface area contributed by atoms with Crippen molar-refractivity contribution in [3.63, 3.8) is 0 Å². The number of nitrogens with one attached hydrogen (secondary N) is 1. The third-order valence-corrected chi connectivity index (χ3v) is 5.20. The average Bonchev–Trinajstić information content (AvgIpc) is 2.96. The van der Waals surface area contributed by atoms with Crippen LogP contribution in [0.4, 0.5) is 0 Å². The summed E-state index contributed by atoms with van der Waals surface area (Å²) >= 11 is 0. The lowest BCUT2D eigenvalue weighted by molar-refractivity contribution is 0.00259. The molecule has 0 bridgehead atoms. The van der Waals surface area contributed by atoms with E-state index in [1.165, 1.54) is 51.6 Å². The third kappa shape index (κ3) is 3.48. The summed E-state index contributed by atoms with van der Waals surface area (Å²) in [5, 5.41) is 3.67. The summed E-state index contributed by atoms with van der Waals surface area (Å²) in [5.74, 6) is 2.14. The lowest BCUT2D eigenvalue weighted by Gasteiger charge is -2.35. The molecular weight excluding hydrogens is 222 g/mol. The first kappa shape index (κ1) is 14.3. The van der Waals surface area contributed by atoms with Gasteiger partial charge in [0.1, 0.15) is 0 Å². The Hall–Kier alpha value is -0.0800. The van der Waals surface area contributed by atoms with Crippen LogP contribution in [-0.4, -0.2) is 25.8 Å². The largest absolute Gasteiger partial charge is 0.379 e. The molecule has 2 nitrogen and oxygen atoms in total. The number of methoxy groups -OCH3 is 1. The smallest absolute Gasteiger partial charge is 0.0623 e. The molecule has 2 aliphatic carbocycles. The molecule has 2 heteroatoms. The molecule has 2 rings (SSSR count). The van der Waals surface area contributed by atoms with Crippen molar-refractivity contribution >= 4 is 0 Å². The normalized spacial score (nSPS) is 34.7. The second-order valence-corrected chi connectivity index (χ2v) is 7.30. The highest BCUT2D eigenvalue weighted by Crippen LogP contribution is 2.61. The van der Waals surface area contributed by atoms with Gasteiger partial charge in [-0.15, -0.1) is 0 Å². The lowest BCUT2D eigenvalue weighted by Crippen LogP contribution is -2.36. The highest BCUT2D eigenvalue weighted by atomic mass is 16.5.